The van der Waals surface area contributed by atoms with E-state index in [0.717, 1.165) is 41.0 Å². The van der Waals surface area contributed by atoms with Gasteiger partial charge in [-0.2, -0.15) is 5.10 Å². The van der Waals surface area contributed by atoms with Crippen LogP contribution in [0.1, 0.15) is 32.9 Å². The SMILES string of the molecule is Cc1ccc(C)c(NC(=O)c2n[nH]c3c2CNCC3)c1. The summed E-state index contributed by atoms with van der Waals surface area (Å²) in [5.41, 5.74) is 5.56. The normalized spacial score (nSPS) is 13.9. The molecule has 1 aromatic carbocycles. The van der Waals surface area contributed by atoms with Gasteiger partial charge in [-0.15, -0.1) is 0 Å². The number of aryl methyl sites for hydroxylation is 2. The molecule has 0 unspecified atom stereocenters. The Hall–Kier alpha value is -2.14. The van der Waals surface area contributed by atoms with Crippen molar-refractivity contribution in [1.82, 2.24) is 15.5 Å². The quantitative estimate of drug-likeness (QED) is 0.781. The van der Waals surface area contributed by atoms with Gasteiger partial charge in [-0.25, -0.2) is 0 Å². The summed E-state index contributed by atoms with van der Waals surface area (Å²) in [4.78, 5) is 12.4. The Morgan fingerprint density at radius 3 is 3.05 bits per heavy atom. The first-order valence-electron chi connectivity index (χ1n) is 6.80. The molecule has 0 saturated heterocycles. The molecule has 0 saturated carbocycles. The summed E-state index contributed by atoms with van der Waals surface area (Å²) in [6.45, 7) is 5.61. The van der Waals surface area contributed by atoms with Gasteiger partial charge in [0, 0.05) is 36.5 Å². The summed E-state index contributed by atoms with van der Waals surface area (Å²) in [5.74, 6) is -0.153. The molecule has 2 aromatic rings. The molecule has 1 aromatic heterocycles. The fraction of sp³-hybridized carbons (Fsp3) is 0.333. The highest BCUT2D eigenvalue weighted by molar-refractivity contribution is 6.04. The Morgan fingerprint density at radius 1 is 1.35 bits per heavy atom. The molecule has 1 amide bonds. The number of H-pyrrole nitrogens is 1. The van der Waals surface area contributed by atoms with Gasteiger partial charge in [0.2, 0.25) is 0 Å². The molecular weight excluding hydrogens is 252 g/mol. The Morgan fingerprint density at radius 2 is 2.20 bits per heavy atom. The van der Waals surface area contributed by atoms with Gasteiger partial charge in [0.05, 0.1) is 0 Å². The first-order valence-corrected chi connectivity index (χ1v) is 6.80. The standard InChI is InChI=1S/C15H18N4O/c1-9-3-4-10(2)13(7-9)17-15(20)14-11-8-16-6-5-12(11)18-19-14/h3-4,7,16H,5-6,8H2,1-2H3,(H,17,20)(H,18,19). The molecule has 5 nitrogen and oxygen atoms in total. The van der Waals surface area contributed by atoms with Crippen LogP contribution < -0.4 is 10.6 Å². The fourth-order valence-corrected chi connectivity index (χ4v) is 2.47. The monoisotopic (exact) mass is 270 g/mol. The lowest BCUT2D eigenvalue weighted by molar-refractivity contribution is 0.102. The molecule has 0 radical (unpaired) electrons. The van der Waals surface area contributed by atoms with Crippen molar-refractivity contribution in [3.05, 3.63) is 46.3 Å². The number of carbonyl (C=O) groups excluding carboxylic acids is 1. The van der Waals surface area contributed by atoms with E-state index in [1.54, 1.807) is 0 Å². The highest BCUT2D eigenvalue weighted by Crippen LogP contribution is 2.20. The molecule has 0 aliphatic carbocycles. The van der Waals surface area contributed by atoms with E-state index < -0.39 is 0 Å². The van der Waals surface area contributed by atoms with Crippen LogP contribution in [0.2, 0.25) is 0 Å². The Kier molecular flexibility index (Phi) is 3.28. The maximum Gasteiger partial charge on any atom is 0.276 e. The van der Waals surface area contributed by atoms with Crippen LogP contribution in [0.15, 0.2) is 18.2 Å². The van der Waals surface area contributed by atoms with Crippen LogP contribution >= 0.6 is 0 Å². The van der Waals surface area contributed by atoms with Crippen molar-refractivity contribution < 1.29 is 4.79 Å². The van der Waals surface area contributed by atoms with E-state index in [9.17, 15) is 4.79 Å². The summed E-state index contributed by atoms with van der Waals surface area (Å²) in [5, 5.41) is 13.4. The zero-order chi connectivity index (χ0) is 14.1. The number of aromatic nitrogens is 2. The van der Waals surface area contributed by atoms with E-state index in [1.807, 2.05) is 32.0 Å². The van der Waals surface area contributed by atoms with Crippen LogP contribution in [-0.2, 0) is 13.0 Å². The van der Waals surface area contributed by atoms with E-state index in [4.69, 9.17) is 0 Å². The van der Waals surface area contributed by atoms with Crippen LogP contribution in [-0.4, -0.2) is 22.6 Å². The predicted octanol–water partition coefficient (Wildman–Crippen LogP) is 1.92. The zero-order valence-corrected chi connectivity index (χ0v) is 11.7. The first-order chi connectivity index (χ1) is 9.65. The number of nitrogens with zero attached hydrogens (tertiary/aromatic N) is 1. The number of hydrogen-bond acceptors (Lipinski definition) is 3. The van der Waals surface area contributed by atoms with Gasteiger partial charge in [-0.3, -0.25) is 9.89 Å². The van der Waals surface area contributed by atoms with E-state index in [2.05, 4.69) is 20.8 Å². The van der Waals surface area contributed by atoms with Crippen molar-refractivity contribution in [3.63, 3.8) is 0 Å². The van der Waals surface area contributed by atoms with E-state index in [0.29, 0.717) is 12.2 Å². The maximum atomic E-state index is 12.4. The summed E-state index contributed by atoms with van der Waals surface area (Å²) in [7, 11) is 0. The number of hydrogen-bond donors (Lipinski definition) is 3. The van der Waals surface area contributed by atoms with Crippen molar-refractivity contribution in [2.24, 2.45) is 0 Å². The summed E-state index contributed by atoms with van der Waals surface area (Å²) in [6, 6.07) is 6.02. The van der Waals surface area contributed by atoms with Crippen LogP contribution in [0.25, 0.3) is 0 Å². The van der Waals surface area contributed by atoms with Gasteiger partial charge in [-0.1, -0.05) is 12.1 Å². The summed E-state index contributed by atoms with van der Waals surface area (Å²) < 4.78 is 0. The van der Waals surface area contributed by atoms with Gasteiger partial charge in [0.25, 0.3) is 5.91 Å². The lowest BCUT2D eigenvalue weighted by Gasteiger charge is -2.13. The Balaban J connectivity index is 1.86. The fourth-order valence-electron chi connectivity index (χ4n) is 2.47. The zero-order valence-electron chi connectivity index (χ0n) is 11.7. The molecule has 1 aliphatic heterocycles. The van der Waals surface area contributed by atoms with E-state index in [-0.39, 0.29) is 5.91 Å². The number of rotatable bonds is 2. The predicted molar refractivity (Wildman–Crippen MR) is 77.9 cm³/mol. The minimum atomic E-state index is -0.153. The Bertz CT molecular complexity index is 660. The minimum Gasteiger partial charge on any atom is -0.320 e. The van der Waals surface area contributed by atoms with Gasteiger partial charge < -0.3 is 10.6 Å². The third-order valence-corrected chi connectivity index (χ3v) is 3.66. The number of amides is 1. The smallest absolute Gasteiger partial charge is 0.276 e. The molecule has 0 bridgehead atoms. The third-order valence-electron chi connectivity index (χ3n) is 3.66. The first kappa shape index (κ1) is 12.9. The second-order valence-electron chi connectivity index (χ2n) is 5.23. The number of anilines is 1. The van der Waals surface area contributed by atoms with Crippen LogP contribution in [0.5, 0.6) is 0 Å². The molecule has 3 rings (SSSR count). The minimum absolute atomic E-state index is 0.153. The largest absolute Gasteiger partial charge is 0.320 e. The third kappa shape index (κ3) is 2.32. The Labute approximate surface area is 117 Å². The number of aromatic amines is 1. The molecule has 104 valence electrons. The number of benzene rings is 1. The summed E-state index contributed by atoms with van der Waals surface area (Å²) in [6.07, 6.45) is 0.888. The van der Waals surface area contributed by atoms with Gasteiger partial charge in [0.15, 0.2) is 5.69 Å². The molecular formula is C15H18N4O. The second-order valence-corrected chi connectivity index (χ2v) is 5.23. The van der Waals surface area contributed by atoms with Crippen molar-refractivity contribution >= 4 is 11.6 Å². The number of carbonyl (C=O) groups is 1. The van der Waals surface area contributed by atoms with Crippen molar-refractivity contribution in [2.45, 2.75) is 26.8 Å². The lowest BCUT2D eigenvalue weighted by Crippen LogP contribution is -2.25. The van der Waals surface area contributed by atoms with Gasteiger partial charge in [0.1, 0.15) is 0 Å². The van der Waals surface area contributed by atoms with Crippen molar-refractivity contribution in [3.8, 4) is 0 Å². The second kappa shape index (κ2) is 5.09. The van der Waals surface area contributed by atoms with Crippen molar-refractivity contribution in [2.75, 3.05) is 11.9 Å². The molecule has 0 spiro atoms. The maximum absolute atomic E-state index is 12.4. The molecule has 0 atom stereocenters. The molecule has 2 heterocycles. The number of fused-ring (bicyclic) bond motifs is 1. The van der Waals surface area contributed by atoms with Crippen molar-refractivity contribution in [1.29, 1.82) is 0 Å². The molecule has 1 aliphatic rings. The molecule has 20 heavy (non-hydrogen) atoms. The number of nitrogens with one attached hydrogen (secondary N) is 3. The van der Waals surface area contributed by atoms with Crippen LogP contribution in [0.4, 0.5) is 5.69 Å². The summed E-state index contributed by atoms with van der Waals surface area (Å²) >= 11 is 0. The average Bonchev–Trinajstić information content (AvgIpc) is 2.87. The highest BCUT2D eigenvalue weighted by atomic mass is 16.1. The van der Waals surface area contributed by atoms with Gasteiger partial charge >= 0.3 is 0 Å². The average molecular weight is 270 g/mol. The molecule has 5 heteroatoms. The molecule has 0 fully saturated rings. The van der Waals surface area contributed by atoms with E-state index in [1.165, 1.54) is 0 Å². The van der Waals surface area contributed by atoms with Gasteiger partial charge in [-0.05, 0) is 31.0 Å². The van der Waals surface area contributed by atoms with E-state index >= 15 is 0 Å². The highest BCUT2D eigenvalue weighted by Gasteiger charge is 2.21. The lowest BCUT2D eigenvalue weighted by atomic mass is 10.1. The molecule has 3 N–H and O–H groups in total. The van der Waals surface area contributed by atoms with Crippen LogP contribution in [0, 0.1) is 13.8 Å². The topological polar surface area (TPSA) is 69.8 Å². The van der Waals surface area contributed by atoms with Crippen LogP contribution in [0.3, 0.4) is 0 Å².